The molecule has 3 aromatic rings. The zero-order valence-corrected chi connectivity index (χ0v) is 16.8. The third-order valence-corrected chi connectivity index (χ3v) is 4.89. The van der Waals surface area contributed by atoms with E-state index in [0.717, 1.165) is 11.3 Å². The summed E-state index contributed by atoms with van der Waals surface area (Å²) in [6.45, 7) is 3.72. The molecule has 1 heterocycles. The number of benzene rings is 2. The molecule has 0 N–H and O–H groups in total. The number of amides is 1. The second-order valence-corrected chi connectivity index (χ2v) is 6.70. The van der Waals surface area contributed by atoms with Crippen molar-refractivity contribution in [3.63, 3.8) is 0 Å². The Hall–Kier alpha value is -3.48. The fraction of sp³-hybridized carbons (Fsp3) is 0.273. The Kier molecular flexibility index (Phi) is 6.39. The average Bonchev–Trinajstić information content (AvgIpc) is 3.31. The van der Waals surface area contributed by atoms with Crippen molar-refractivity contribution < 1.29 is 14.3 Å². The first-order chi connectivity index (χ1) is 14.0. The monoisotopic (exact) mass is 392 g/mol. The molecule has 0 aliphatic carbocycles. The molecule has 0 spiro atoms. The lowest BCUT2D eigenvalue weighted by atomic mass is 10.1. The van der Waals surface area contributed by atoms with Gasteiger partial charge in [0, 0.05) is 19.0 Å². The number of likely N-dealkylation sites (N-methyl/N-ethyl adjacent to an activating group) is 1. The second-order valence-electron chi connectivity index (χ2n) is 6.70. The van der Waals surface area contributed by atoms with Gasteiger partial charge in [0.2, 0.25) is 0 Å². The summed E-state index contributed by atoms with van der Waals surface area (Å²) in [5.41, 5.74) is 2.55. The van der Waals surface area contributed by atoms with Gasteiger partial charge in [0.25, 0.3) is 5.91 Å². The van der Waals surface area contributed by atoms with E-state index < -0.39 is 0 Å². The van der Waals surface area contributed by atoms with Crippen LogP contribution in [-0.4, -0.2) is 45.0 Å². The number of Topliss-reactive ketones (excluding diaryl/α,β-unsaturated/α-hetero) is 1. The summed E-state index contributed by atoms with van der Waals surface area (Å²) >= 11 is 0. The molecule has 0 fully saturated rings. The molecule has 0 radical (unpaired) electrons. The van der Waals surface area contributed by atoms with Gasteiger partial charge < -0.3 is 9.64 Å². The maximum Gasteiger partial charge on any atom is 0.260 e. The summed E-state index contributed by atoms with van der Waals surface area (Å²) in [5, 5.41) is 4.10. The van der Waals surface area contributed by atoms with Gasteiger partial charge in [-0.05, 0) is 48.9 Å². The van der Waals surface area contributed by atoms with E-state index in [-0.39, 0.29) is 24.3 Å². The number of rotatable bonds is 8. The van der Waals surface area contributed by atoms with E-state index in [1.165, 1.54) is 6.33 Å². The molecular weight excluding hydrogens is 368 g/mol. The Bertz CT molecular complexity index is 951. The van der Waals surface area contributed by atoms with E-state index in [2.05, 4.69) is 10.1 Å². The van der Waals surface area contributed by atoms with Gasteiger partial charge in [-0.25, -0.2) is 9.67 Å². The van der Waals surface area contributed by atoms with Gasteiger partial charge in [-0.1, -0.05) is 19.1 Å². The number of ketones is 1. The van der Waals surface area contributed by atoms with Gasteiger partial charge in [0.05, 0.1) is 11.7 Å². The van der Waals surface area contributed by atoms with Crippen LogP contribution in [0, 0.1) is 0 Å². The fourth-order valence-electron chi connectivity index (χ4n) is 2.87. The highest BCUT2D eigenvalue weighted by Gasteiger charge is 2.18. The molecule has 7 heteroatoms. The van der Waals surface area contributed by atoms with Crippen LogP contribution in [0.2, 0.25) is 0 Å². The van der Waals surface area contributed by atoms with Crippen molar-refractivity contribution in [3.8, 4) is 11.4 Å². The summed E-state index contributed by atoms with van der Waals surface area (Å²) in [4.78, 5) is 29.8. The lowest BCUT2D eigenvalue weighted by molar-refractivity contribution is -0.134. The van der Waals surface area contributed by atoms with Crippen LogP contribution in [0.4, 0.5) is 0 Å². The first-order valence-corrected chi connectivity index (χ1v) is 9.46. The number of hydrogen-bond acceptors (Lipinski definition) is 5. The molecule has 1 atom stereocenters. The minimum Gasteiger partial charge on any atom is -0.484 e. The first-order valence-electron chi connectivity index (χ1n) is 9.46. The summed E-state index contributed by atoms with van der Waals surface area (Å²) in [5.74, 6) is 0.506. The second kappa shape index (κ2) is 9.14. The van der Waals surface area contributed by atoms with E-state index >= 15 is 0 Å². The van der Waals surface area contributed by atoms with E-state index in [0.29, 0.717) is 17.7 Å². The third kappa shape index (κ3) is 4.87. The van der Waals surface area contributed by atoms with Gasteiger partial charge in [0.15, 0.2) is 12.4 Å². The molecule has 1 aromatic heterocycles. The number of carbonyl (C=O) groups excluding carboxylic acids is 2. The normalized spacial score (nSPS) is 11.7. The molecule has 1 unspecified atom stereocenters. The Labute approximate surface area is 169 Å². The van der Waals surface area contributed by atoms with Gasteiger partial charge >= 0.3 is 0 Å². The van der Waals surface area contributed by atoms with E-state index in [1.54, 1.807) is 47.2 Å². The van der Waals surface area contributed by atoms with Crippen molar-refractivity contribution in [2.75, 3.05) is 13.7 Å². The number of carbonyl (C=O) groups is 2. The topological polar surface area (TPSA) is 77.3 Å². The molecule has 1 amide bonds. The SMILES string of the molecule is CCC(=O)c1ccc(OCC(=O)N(C)C(C)c2ccc(-n3cncn3)cc2)cc1. The van der Waals surface area contributed by atoms with Crippen molar-refractivity contribution in [2.45, 2.75) is 26.3 Å². The number of ether oxygens (including phenoxy) is 1. The van der Waals surface area contributed by atoms with Crippen LogP contribution in [0.1, 0.15) is 42.2 Å². The first kappa shape index (κ1) is 20.3. The molecule has 0 saturated heterocycles. The fourth-order valence-corrected chi connectivity index (χ4v) is 2.87. The largest absolute Gasteiger partial charge is 0.484 e. The van der Waals surface area contributed by atoms with Crippen LogP contribution in [0.5, 0.6) is 5.75 Å². The standard InChI is InChI=1S/C22H24N4O3/c1-4-21(27)18-7-11-20(12-8-18)29-13-22(28)25(3)16(2)17-5-9-19(10-6-17)26-15-23-14-24-26/h5-12,14-16H,4,13H2,1-3H3. The zero-order chi connectivity index (χ0) is 20.8. The zero-order valence-electron chi connectivity index (χ0n) is 16.8. The molecular formula is C22H24N4O3. The van der Waals surface area contributed by atoms with Gasteiger partial charge in [0.1, 0.15) is 18.4 Å². The molecule has 2 aromatic carbocycles. The minimum absolute atomic E-state index is 0.0705. The molecule has 0 aliphatic heterocycles. The van der Waals surface area contributed by atoms with Crippen molar-refractivity contribution in [3.05, 3.63) is 72.3 Å². The summed E-state index contributed by atoms with van der Waals surface area (Å²) in [7, 11) is 1.75. The Morgan fingerprint density at radius 2 is 1.79 bits per heavy atom. The van der Waals surface area contributed by atoms with Crippen molar-refractivity contribution in [2.24, 2.45) is 0 Å². The summed E-state index contributed by atoms with van der Waals surface area (Å²) in [6, 6.07) is 14.6. The predicted octanol–water partition coefficient (Wildman–Crippen LogP) is 3.46. The average molecular weight is 392 g/mol. The van der Waals surface area contributed by atoms with E-state index in [9.17, 15) is 9.59 Å². The smallest absolute Gasteiger partial charge is 0.260 e. The molecule has 0 bridgehead atoms. The Morgan fingerprint density at radius 3 is 2.38 bits per heavy atom. The lowest BCUT2D eigenvalue weighted by Gasteiger charge is -2.25. The van der Waals surface area contributed by atoms with E-state index in [1.807, 2.05) is 38.1 Å². The maximum atomic E-state index is 12.5. The summed E-state index contributed by atoms with van der Waals surface area (Å²) < 4.78 is 7.27. The molecule has 3 rings (SSSR count). The van der Waals surface area contributed by atoms with E-state index in [4.69, 9.17) is 4.74 Å². The Balaban J connectivity index is 1.57. The number of hydrogen-bond donors (Lipinski definition) is 0. The van der Waals surface area contributed by atoms with Gasteiger partial charge in [-0.15, -0.1) is 0 Å². The molecule has 7 nitrogen and oxygen atoms in total. The number of nitrogens with zero attached hydrogens (tertiary/aromatic N) is 4. The van der Waals surface area contributed by atoms with Crippen molar-refractivity contribution in [1.29, 1.82) is 0 Å². The molecule has 0 aliphatic rings. The van der Waals surface area contributed by atoms with Crippen LogP contribution < -0.4 is 4.74 Å². The quantitative estimate of drug-likeness (QED) is 0.549. The molecule has 29 heavy (non-hydrogen) atoms. The van der Waals surface area contributed by atoms with Gasteiger partial charge in [-0.3, -0.25) is 9.59 Å². The van der Waals surface area contributed by atoms with Crippen LogP contribution in [-0.2, 0) is 4.79 Å². The van der Waals surface area contributed by atoms with Crippen molar-refractivity contribution in [1.82, 2.24) is 19.7 Å². The predicted molar refractivity (Wildman–Crippen MR) is 109 cm³/mol. The minimum atomic E-state index is -0.133. The molecule has 150 valence electrons. The molecule has 0 saturated carbocycles. The van der Waals surface area contributed by atoms with Crippen LogP contribution in [0.15, 0.2) is 61.2 Å². The van der Waals surface area contributed by atoms with Crippen LogP contribution >= 0.6 is 0 Å². The summed E-state index contributed by atoms with van der Waals surface area (Å²) in [6.07, 6.45) is 3.58. The highest BCUT2D eigenvalue weighted by Crippen LogP contribution is 2.21. The maximum absolute atomic E-state index is 12.5. The van der Waals surface area contributed by atoms with Gasteiger partial charge in [-0.2, -0.15) is 5.10 Å². The highest BCUT2D eigenvalue weighted by molar-refractivity contribution is 5.95. The van der Waals surface area contributed by atoms with Crippen molar-refractivity contribution >= 4 is 11.7 Å². The Morgan fingerprint density at radius 1 is 1.10 bits per heavy atom. The number of aromatic nitrogens is 3. The van der Waals surface area contributed by atoms with Crippen LogP contribution in [0.25, 0.3) is 5.69 Å². The third-order valence-electron chi connectivity index (χ3n) is 4.89. The lowest BCUT2D eigenvalue weighted by Crippen LogP contribution is -2.33. The highest BCUT2D eigenvalue weighted by atomic mass is 16.5. The van der Waals surface area contributed by atoms with Crippen LogP contribution in [0.3, 0.4) is 0 Å².